The first-order chi connectivity index (χ1) is 17.2. The number of rotatable bonds is 5. The topological polar surface area (TPSA) is 69.7 Å². The second-order valence-corrected chi connectivity index (χ2v) is 8.67. The van der Waals surface area contributed by atoms with Crippen LogP contribution in [0.5, 0.6) is 0 Å². The number of ether oxygens (including phenoxy) is 1. The molecule has 174 valence electrons. The zero-order chi connectivity index (χ0) is 24.0. The lowest BCUT2D eigenvalue weighted by Crippen LogP contribution is -2.45. The molecule has 0 spiro atoms. The number of aromatic nitrogens is 3. The summed E-state index contributed by atoms with van der Waals surface area (Å²) in [7, 11) is 2.16. The van der Waals surface area contributed by atoms with Crippen molar-refractivity contribution in [3.63, 3.8) is 0 Å². The van der Waals surface area contributed by atoms with Gasteiger partial charge < -0.3 is 9.64 Å². The molecule has 1 saturated heterocycles. The van der Waals surface area contributed by atoms with Crippen LogP contribution in [0.1, 0.15) is 22.4 Å². The normalized spacial score (nSPS) is 14.4. The molecule has 1 aliphatic heterocycles. The van der Waals surface area contributed by atoms with Gasteiger partial charge >= 0.3 is 0 Å². The average Bonchev–Trinajstić information content (AvgIpc) is 3.31. The fourth-order valence-corrected chi connectivity index (χ4v) is 3.96. The molecule has 7 nitrogen and oxygen atoms in total. The Balaban J connectivity index is 1.27. The summed E-state index contributed by atoms with van der Waals surface area (Å²) in [5, 5.41) is 13.9. The Bertz CT molecular complexity index is 1420. The average molecular weight is 463 g/mol. The third-order valence-corrected chi connectivity index (χ3v) is 6.08. The molecule has 0 radical (unpaired) electrons. The Labute approximate surface area is 205 Å². The summed E-state index contributed by atoms with van der Waals surface area (Å²) in [6, 6.07) is 21.6. The van der Waals surface area contributed by atoms with Crippen LogP contribution < -0.4 is 0 Å². The molecule has 1 aliphatic rings. The molecule has 35 heavy (non-hydrogen) atoms. The van der Waals surface area contributed by atoms with E-state index in [0.29, 0.717) is 24.6 Å². The fourth-order valence-electron chi connectivity index (χ4n) is 3.96. The Hall–Kier alpha value is -4.01. The van der Waals surface area contributed by atoms with E-state index in [-0.39, 0.29) is 0 Å². The lowest BCUT2D eigenvalue weighted by Gasteiger charge is -2.31. The molecule has 5 rings (SSSR count). The van der Waals surface area contributed by atoms with Crippen molar-refractivity contribution < 1.29 is 4.74 Å². The molecule has 0 amide bonds. The van der Waals surface area contributed by atoms with Gasteiger partial charge in [-0.3, -0.25) is 4.90 Å². The van der Waals surface area contributed by atoms with Crippen molar-refractivity contribution >= 4 is 5.65 Å². The van der Waals surface area contributed by atoms with Crippen molar-refractivity contribution in [3.8, 4) is 29.2 Å². The number of imidazole rings is 1. The summed E-state index contributed by atoms with van der Waals surface area (Å²) in [5.74, 6) is 6.24. The SMILES string of the molecule is CN1CCN(COCc2ccc(-c3ccc4ncc(C#Cc5cccc(C#N)c5)n4n3)cc2)CC1. The van der Waals surface area contributed by atoms with E-state index in [0.717, 1.165) is 54.2 Å². The molecule has 0 unspecified atom stereocenters. The van der Waals surface area contributed by atoms with Crippen LogP contribution in [-0.2, 0) is 11.3 Å². The summed E-state index contributed by atoms with van der Waals surface area (Å²) >= 11 is 0. The van der Waals surface area contributed by atoms with E-state index < -0.39 is 0 Å². The molecule has 7 heteroatoms. The number of hydrogen-bond donors (Lipinski definition) is 0. The van der Waals surface area contributed by atoms with Crippen LogP contribution in [0, 0.1) is 23.2 Å². The molecule has 1 fully saturated rings. The van der Waals surface area contributed by atoms with Gasteiger partial charge in [-0.2, -0.15) is 10.4 Å². The highest BCUT2D eigenvalue weighted by Gasteiger charge is 2.13. The van der Waals surface area contributed by atoms with Crippen LogP contribution in [0.3, 0.4) is 0 Å². The molecule has 0 atom stereocenters. The molecular weight excluding hydrogens is 436 g/mol. The number of nitrogens with zero attached hydrogens (tertiary/aromatic N) is 6. The minimum absolute atomic E-state index is 0.587. The quantitative estimate of drug-likeness (QED) is 0.424. The van der Waals surface area contributed by atoms with Crippen molar-refractivity contribution in [2.45, 2.75) is 6.61 Å². The zero-order valence-corrected chi connectivity index (χ0v) is 19.7. The van der Waals surface area contributed by atoms with E-state index in [4.69, 9.17) is 15.1 Å². The fraction of sp³-hybridized carbons (Fsp3) is 0.250. The molecule has 3 heterocycles. The second-order valence-electron chi connectivity index (χ2n) is 8.67. The monoisotopic (exact) mass is 462 g/mol. The molecular formula is C28H26N6O. The number of likely N-dealkylation sites (N-methyl/N-ethyl adjacent to an activating group) is 1. The van der Waals surface area contributed by atoms with E-state index in [9.17, 15) is 0 Å². The molecule has 0 bridgehead atoms. The Morgan fingerprint density at radius 1 is 0.943 bits per heavy atom. The first-order valence-electron chi connectivity index (χ1n) is 11.6. The van der Waals surface area contributed by atoms with Gasteiger partial charge in [0.1, 0.15) is 5.69 Å². The maximum atomic E-state index is 9.08. The van der Waals surface area contributed by atoms with Crippen molar-refractivity contribution in [2.75, 3.05) is 40.0 Å². The van der Waals surface area contributed by atoms with Crippen molar-refractivity contribution in [1.29, 1.82) is 5.26 Å². The largest absolute Gasteiger partial charge is 0.361 e. The predicted octanol–water partition coefficient (Wildman–Crippen LogP) is 3.39. The standard InChI is InChI=1S/C28H26N6O/c1-32-13-15-33(16-14-32)21-35-20-23-5-8-25(9-6-23)27-11-12-28-30-19-26(34(28)31-27)10-7-22-3-2-4-24(17-22)18-29/h2-6,8-9,11-12,17,19H,13-16,20-21H2,1H3. The lowest BCUT2D eigenvalue weighted by molar-refractivity contribution is -0.00183. The third-order valence-electron chi connectivity index (χ3n) is 6.08. The minimum Gasteiger partial charge on any atom is -0.361 e. The summed E-state index contributed by atoms with van der Waals surface area (Å²) < 4.78 is 7.68. The molecule has 0 aliphatic carbocycles. The van der Waals surface area contributed by atoms with E-state index in [1.54, 1.807) is 22.8 Å². The van der Waals surface area contributed by atoms with E-state index in [1.165, 1.54) is 0 Å². The number of hydrogen-bond acceptors (Lipinski definition) is 6. The summed E-state index contributed by atoms with van der Waals surface area (Å²) in [6.45, 7) is 5.54. The van der Waals surface area contributed by atoms with Crippen LogP contribution in [0.2, 0.25) is 0 Å². The molecule has 0 N–H and O–H groups in total. The van der Waals surface area contributed by atoms with Gasteiger partial charge in [-0.15, -0.1) is 0 Å². The van der Waals surface area contributed by atoms with Crippen LogP contribution in [0.15, 0.2) is 66.9 Å². The van der Waals surface area contributed by atoms with Gasteiger partial charge in [-0.1, -0.05) is 36.3 Å². The Morgan fingerprint density at radius 3 is 2.54 bits per heavy atom. The first-order valence-corrected chi connectivity index (χ1v) is 11.6. The minimum atomic E-state index is 0.587. The van der Waals surface area contributed by atoms with Crippen molar-refractivity contribution in [1.82, 2.24) is 24.4 Å². The molecule has 2 aromatic carbocycles. The van der Waals surface area contributed by atoms with E-state index >= 15 is 0 Å². The van der Waals surface area contributed by atoms with E-state index in [2.05, 4.69) is 64.0 Å². The number of fused-ring (bicyclic) bond motifs is 1. The first kappa shape index (κ1) is 22.8. The highest BCUT2D eigenvalue weighted by atomic mass is 16.5. The zero-order valence-electron chi connectivity index (χ0n) is 19.7. The maximum absolute atomic E-state index is 9.08. The van der Waals surface area contributed by atoms with Gasteiger partial charge in [0, 0.05) is 37.3 Å². The number of piperazine rings is 1. The van der Waals surface area contributed by atoms with Gasteiger partial charge in [-0.25, -0.2) is 9.50 Å². The van der Waals surface area contributed by atoms with Crippen LogP contribution in [0.4, 0.5) is 0 Å². The summed E-state index contributed by atoms with van der Waals surface area (Å²) in [6.07, 6.45) is 1.72. The van der Waals surface area contributed by atoms with Gasteiger partial charge in [-0.05, 0) is 48.9 Å². The van der Waals surface area contributed by atoms with Crippen LogP contribution in [-0.4, -0.2) is 64.4 Å². The number of nitriles is 1. The van der Waals surface area contributed by atoms with Gasteiger partial charge in [0.25, 0.3) is 0 Å². The Morgan fingerprint density at radius 2 is 1.74 bits per heavy atom. The molecule has 4 aromatic rings. The summed E-state index contributed by atoms with van der Waals surface area (Å²) in [5.41, 5.74) is 5.79. The third kappa shape index (κ3) is 5.56. The maximum Gasteiger partial charge on any atom is 0.154 e. The lowest BCUT2D eigenvalue weighted by atomic mass is 10.1. The second kappa shape index (κ2) is 10.5. The van der Waals surface area contributed by atoms with Gasteiger partial charge in [0.15, 0.2) is 5.65 Å². The van der Waals surface area contributed by atoms with Crippen molar-refractivity contribution in [2.24, 2.45) is 0 Å². The van der Waals surface area contributed by atoms with Crippen molar-refractivity contribution in [3.05, 3.63) is 89.2 Å². The Kier molecular flexibility index (Phi) is 6.83. The highest BCUT2D eigenvalue weighted by molar-refractivity contribution is 5.61. The number of benzene rings is 2. The summed E-state index contributed by atoms with van der Waals surface area (Å²) in [4.78, 5) is 9.10. The predicted molar refractivity (Wildman–Crippen MR) is 134 cm³/mol. The van der Waals surface area contributed by atoms with Crippen LogP contribution in [0.25, 0.3) is 16.9 Å². The molecule has 0 saturated carbocycles. The van der Waals surface area contributed by atoms with Gasteiger partial charge in [0.2, 0.25) is 0 Å². The van der Waals surface area contributed by atoms with Gasteiger partial charge in [0.05, 0.1) is 36.9 Å². The highest BCUT2D eigenvalue weighted by Crippen LogP contribution is 2.19. The van der Waals surface area contributed by atoms with Crippen LogP contribution >= 0.6 is 0 Å². The smallest absolute Gasteiger partial charge is 0.154 e. The van der Waals surface area contributed by atoms with E-state index in [1.807, 2.05) is 24.3 Å². The molecule has 2 aromatic heterocycles.